The van der Waals surface area contributed by atoms with Crippen molar-refractivity contribution < 1.29 is 19.1 Å². The van der Waals surface area contributed by atoms with Crippen molar-refractivity contribution in [1.29, 1.82) is 0 Å². The van der Waals surface area contributed by atoms with Crippen LogP contribution in [0.4, 0.5) is 20.6 Å². The average molecular weight is 488 g/mol. The third kappa shape index (κ3) is 5.00. The molecule has 1 aromatic heterocycles. The van der Waals surface area contributed by atoms with Gasteiger partial charge < -0.3 is 20.6 Å². The van der Waals surface area contributed by atoms with E-state index in [0.29, 0.717) is 29.7 Å². The van der Waals surface area contributed by atoms with Gasteiger partial charge in [0.05, 0.1) is 17.4 Å². The third-order valence-electron chi connectivity index (χ3n) is 6.45. The fraction of sp³-hybridized carbons (Fsp3) is 0.222. The van der Waals surface area contributed by atoms with Gasteiger partial charge in [-0.25, -0.2) is 9.18 Å². The standard InChI is InChI=1S/C27H26FN5O3/c28-20-10-12-24-19(13-20)9-11-21(32(24)16-18-5-2-1-3-6-18)14-29-27(36)31-23-7-4-8-25-22(23)15-30-33(25)17-26(34)35/h1-8,10,12-13,15,21H,9,11,14,16-17H2,(H,34,35)(H2,29,31,36). The molecule has 1 aliphatic heterocycles. The van der Waals surface area contributed by atoms with E-state index in [1.54, 1.807) is 30.5 Å². The van der Waals surface area contributed by atoms with Crippen LogP contribution in [0.2, 0.25) is 0 Å². The summed E-state index contributed by atoms with van der Waals surface area (Å²) in [6.07, 6.45) is 3.06. The number of nitrogens with one attached hydrogen (secondary N) is 2. The number of urea groups is 1. The van der Waals surface area contributed by atoms with Gasteiger partial charge in [0.15, 0.2) is 0 Å². The molecule has 2 heterocycles. The van der Waals surface area contributed by atoms with Crippen molar-refractivity contribution in [3.8, 4) is 0 Å². The van der Waals surface area contributed by atoms with Crippen molar-refractivity contribution in [2.45, 2.75) is 32.0 Å². The maximum absolute atomic E-state index is 13.9. The molecule has 1 unspecified atom stereocenters. The number of benzene rings is 3. The highest BCUT2D eigenvalue weighted by molar-refractivity contribution is 6.00. The number of hydrogen-bond donors (Lipinski definition) is 3. The molecule has 3 aromatic carbocycles. The first-order chi connectivity index (χ1) is 17.5. The first-order valence-corrected chi connectivity index (χ1v) is 11.8. The van der Waals surface area contributed by atoms with Crippen LogP contribution in [-0.4, -0.2) is 39.5 Å². The number of carboxylic acids is 1. The summed E-state index contributed by atoms with van der Waals surface area (Å²) in [4.78, 5) is 26.1. The fourth-order valence-corrected chi connectivity index (χ4v) is 4.76. The van der Waals surface area contributed by atoms with Gasteiger partial charge in [-0.05, 0) is 54.3 Å². The van der Waals surface area contributed by atoms with Crippen molar-refractivity contribution in [1.82, 2.24) is 15.1 Å². The van der Waals surface area contributed by atoms with Crippen LogP contribution in [0, 0.1) is 5.82 Å². The summed E-state index contributed by atoms with van der Waals surface area (Å²) in [5.41, 5.74) is 4.26. The number of aromatic nitrogens is 2. The number of nitrogens with zero attached hydrogens (tertiary/aromatic N) is 3. The number of fused-ring (bicyclic) bond motifs is 2. The SMILES string of the molecule is O=C(O)Cn1ncc2c(NC(=O)NCC3CCc4cc(F)ccc4N3Cc3ccccc3)cccc21. The maximum Gasteiger partial charge on any atom is 0.325 e. The molecule has 5 rings (SSSR count). The van der Waals surface area contributed by atoms with E-state index in [1.807, 2.05) is 24.3 Å². The molecule has 8 nitrogen and oxygen atoms in total. The lowest BCUT2D eigenvalue weighted by Crippen LogP contribution is -2.47. The number of aliphatic carboxylic acids is 1. The van der Waals surface area contributed by atoms with Gasteiger partial charge in [-0.1, -0.05) is 36.4 Å². The van der Waals surface area contributed by atoms with Crippen LogP contribution in [0.15, 0.2) is 72.9 Å². The van der Waals surface area contributed by atoms with Crippen LogP contribution in [0.3, 0.4) is 0 Å². The molecule has 184 valence electrons. The molecule has 0 fully saturated rings. The van der Waals surface area contributed by atoms with Crippen LogP contribution < -0.4 is 15.5 Å². The quantitative estimate of drug-likeness (QED) is 0.359. The second-order valence-corrected chi connectivity index (χ2v) is 8.85. The van der Waals surface area contributed by atoms with E-state index >= 15 is 0 Å². The van der Waals surface area contributed by atoms with Crippen LogP contribution >= 0.6 is 0 Å². The van der Waals surface area contributed by atoms with E-state index < -0.39 is 5.97 Å². The van der Waals surface area contributed by atoms with Crippen LogP contribution in [0.1, 0.15) is 17.5 Å². The molecule has 1 aliphatic rings. The maximum atomic E-state index is 13.9. The summed E-state index contributed by atoms with van der Waals surface area (Å²) in [7, 11) is 0. The van der Waals surface area contributed by atoms with Gasteiger partial charge in [-0.15, -0.1) is 0 Å². The Morgan fingerprint density at radius 1 is 1.08 bits per heavy atom. The van der Waals surface area contributed by atoms with E-state index in [2.05, 4.69) is 32.8 Å². The normalized spacial score (nSPS) is 14.9. The summed E-state index contributed by atoms with van der Waals surface area (Å²) < 4.78 is 15.2. The van der Waals surface area contributed by atoms with Gasteiger partial charge in [0, 0.05) is 30.2 Å². The molecule has 36 heavy (non-hydrogen) atoms. The number of aryl methyl sites for hydroxylation is 1. The van der Waals surface area contributed by atoms with Crippen molar-refractivity contribution >= 4 is 34.3 Å². The minimum Gasteiger partial charge on any atom is -0.480 e. The predicted molar refractivity (Wildman–Crippen MR) is 136 cm³/mol. The second-order valence-electron chi connectivity index (χ2n) is 8.85. The number of carboxylic acid groups (broad SMARTS) is 1. The van der Waals surface area contributed by atoms with Crippen molar-refractivity contribution in [3.63, 3.8) is 0 Å². The molecule has 0 saturated heterocycles. The lowest BCUT2D eigenvalue weighted by atomic mass is 9.94. The first-order valence-electron chi connectivity index (χ1n) is 11.8. The summed E-state index contributed by atoms with van der Waals surface area (Å²) in [5.74, 6) is -1.24. The zero-order valence-electron chi connectivity index (χ0n) is 19.5. The highest BCUT2D eigenvalue weighted by Crippen LogP contribution is 2.32. The highest BCUT2D eigenvalue weighted by atomic mass is 19.1. The second kappa shape index (κ2) is 10.1. The zero-order chi connectivity index (χ0) is 25.1. The molecule has 2 amide bonds. The van der Waals surface area contributed by atoms with Crippen molar-refractivity contribution in [3.05, 3.63) is 89.9 Å². The molecule has 0 radical (unpaired) electrons. The van der Waals surface area contributed by atoms with Gasteiger partial charge in [0.2, 0.25) is 0 Å². The highest BCUT2D eigenvalue weighted by Gasteiger charge is 2.27. The largest absolute Gasteiger partial charge is 0.480 e. The van der Waals surface area contributed by atoms with Crippen LogP contribution in [0.5, 0.6) is 0 Å². The number of hydrogen-bond acceptors (Lipinski definition) is 4. The topological polar surface area (TPSA) is 99.5 Å². The Kier molecular flexibility index (Phi) is 6.53. The molecule has 0 bridgehead atoms. The molecule has 0 aliphatic carbocycles. The Hall–Kier alpha value is -4.40. The van der Waals surface area contributed by atoms with Gasteiger partial charge in [-0.3, -0.25) is 9.48 Å². The minimum absolute atomic E-state index is 0.0306. The van der Waals surface area contributed by atoms with E-state index in [0.717, 1.165) is 29.7 Å². The monoisotopic (exact) mass is 487 g/mol. The fourth-order valence-electron chi connectivity index (χ4n) is 4.76. The van der Waals surface area contributed by atoms with E-state index in [9.17, 15) is 14.0 Å². The Balaban J connectivity index is 1.30. The van der Waals surface area contributed by atoms with Gasteiger partial charge in [0.1, 0.15) is 12.4 Å². The molecular weight excluding hydrogens is 461 g/mol. The smallest absolute Gasteiger partial charge is 0.325 e. The third-order valence-corrected chi connectivity index (χ3v) is 6.45. The summed E-state index contributed by atoms with van der Waals surface area (Å²) >= 11 is 0. The number of amides is 2. The van der Waals surface area contributed by atoms with Gasteiger partial charge in [0.25, 0.3) is 0 Å². The molecule has 1 atom stereocenters. The van der Waals surface area contributed by atoms with Gasteiger partial charge in [-0.2, -0.15) is 5.10 Å². The minimum atomic E-state index is -0.993. The van der Waals surface area contributed by atoms with Crippen molar-refractivity contribution in [2.24, 2.45) is 0 Å². The summed E-state index contributed by atoms with van der Waals surface area (Å²) in [6, 6.07) is 19.9. The summed E-state index contributed by atoms with van der Waals surface area (Å²) in [5, 5.41) is 19.7. The average Bonchev–Trinajstić information content (AvgIpc) is 3.27. The molecule has 9 heteroatoms. The predicted octanol–water partition coefficient (Wildman–Crippen LogP) is 4.40. The van der Waals surface area contributed by atoms with E-state index in [4.69, 9.17) is 5.11 Å². The molecule has 0 saturated carbocycles. The molecule has 0 spiro atoms. The zero-order valence-corrected chi connectivity index (χ0v) is 19.5. The Bertz CT molecular complexity index is 1410. The first kappa shape index (κ1) is 23.3. The Labute approximate surface area is 207 Å². The molecule has 4 aromatic rings. The number of carbonyl (C=O) groups is 2. The number of anilines is 2. The molecular formula is C27H26FN5O3. The van der Waals surface area contributed by atoms with E-state index in [-0.39, 0.29) is 24.4 Å². The lowest BCUT2D eigenvalue weighted by molar-refractivity contribution is -0.137. The number of carbonyl (C=O) groups excluding carboxylic acids is 1. The van der Waals surface area contributed by atoms with Crippen LogP contribution in [-0.2, 0) is 24.3 Å². The van der Waals surface area contributed by atoms with E-state index in [1.165, 1.54) is 10.7 Å². The summed E-state index contributed by atoms with van der Waals surface area (Å²) in [6.45, 7) is 0.794. The Morgan fingerprint density at radius 2 is 1.92 bits per heavy atom. The molecule has 3 N–H and O–H groups in total. The number of rotatable bonds is 7. The Morgan fingerprint density at radius 3 is 2.72 bits per heavy atom. The van der Waals surface area contributed by atoms with Crippen LogP contribution in [0.25, 0.3) is 10.9 Å². The number of halogens is 1. The van der Waals surface area contributed by atoms with Crippen molar-refractivity contribution in [2.75, 3.05) is 16.8 Å². The lowest BCUT2D eigenvalue weighted by Gasteiger charge is -2.39. The van der Waals surface area contributed by atoms with Gasteiger partial charge >= 0.3 is 12.0 Å².